The normalized spacial score (nSPS) is 11.8. The molecule has 0 spiro atoms. The molecule has 1 rings (SSSR count). The minimum atomic E-state index is -1.84. The largest absolute Gasteiger partial charge is 0.373 e. The predicted molar refractivity (Wildman–Crippen MR) is 88.3 cm³/mol. The van der Waals surface area contributed by atoms with E-state index in [1.165, 1.54) is 6.61 Å². The fraction of sp³-hybridized carbons (Fsp3) is 0.294. The van der Waals surface area contributed by atoms with Gasteiger partial charge in [0.25, 0.3) is 0 Å². The second-order valence-electron chi connectivity index (χ2n) is 6.22. The molecule has 0 amide bonds. The van der Waals surface area contributed by atoms with E-state index in [4.69, 9.17) is 9.78 Å². The van der Waals surface area contributed by atoms with Crippen molar-refractivity contribution in [2.75, 3.05) is 0 Å². The summed E-state index contributed by atoms with van der Waals surface area (Å²) < 4.78 is 0. The molecule has 0 saturated carbocycles. The van der Waals surface area contributed by atoms with Gasteiger partial charge in [-0.1, -0.05) is 56.0 Å². The first-order valence-corrected chi connectivity index (χ1v) is 9.47. The first-order chi connectivity index (χ1) is 9.72. The van der Waals surface area contributed by atoms with E-state index < -0.39 is 14.0 Å². The summed E-state index contributed by atoms with van der Waals surface area (Å²) in [5, 5.41) is 1.14. The van der Waals surface area contributed by atoms with Crippen molar-refractivity contribution in [3.8, 4) is 0 Å². The molecule has 0 N–H and O–H groups in total. The smallest absolute Gasteiger partial charge is 0.292 e. The van der Waals surface area contributed by atoms with E-state index >= 15 is 0 Å². The number of carbonyl (C=O) groups is 1. The molecule has 0 aromatic heterocycles. The highest BCUT2D eigenvalue weighted by molar-refractivity contribution is 6.98. The van der Waals surface area contributed by atoms with Gasteiger partial charge in [-0.3, -0.25) is 4.89 Å². The third kappa shape index (κ3) is 4.99. The van der Waals surface area contributed by atoms with Gasteiger partial charge < -0.3 is 0 Å². The van der Waals surface area contributed by atoms with Crippen molar-refractivity contribution in [2.24, 2.45) is 5.41 Å². The molecule has 0 aliphatic rings. The van der Waals surface area contributed by atoms with Crippen LogP contribution in [-0.2, 0) is 9.78 Å². The van der Waals surface area contributed by atoms with Crippen molar-refractivity contribution in [1.29, 1.82) is 0 Å². The molecule has 0 atom stereocenters. The average Bonchev–Trinajstić information content (AvgIpc) is 2.45. The van der Waals surface area contributed by atoms with Gasteiger partial charge in [-0.15, -0.1) is 13.2 Å². The molecule has 0 bridgehead atoms. The first-order valence-electron chi connectivity index (χ1n) is 6.81. The van der Waals surface area contributed by atoms with Gasteiger partial charge in [0.2, 0.25) is 0 Å². The molecule has 0 saturated heterocycles. The van der Waals surface area contributed by atoms with Crippen LogP contribution in [0.3, 0.4) is 0 Å². The van der Waals surface area contributed by atoms with Crippen molar-refractivity contribution >= 4 is 19.2 Å². The van der Waals surface area contributed by atoms with Crippen LogP contribution in [-0.4, -0.2) is 14.0 Å². The number of rotatable bonds is 6. The summed E-state index contributed by atoms with van der Waals surface area (Å²) in [6, 6.07) is 7.30. The Balaban J connectivity index is 2.72. The third-order valence-corrected chi connectivity index (χ3v) is 6.39. The Bertz CT molecular complexity index is 504. The predicted octanol–water partition coefficient (Wildman–Crippen LogP) is 3.72. The Morgan fingerprint density at radius 2 is 1.67 bits per heavy atom. The molecule has 1 aromatic carbocycles. The van der Waals surface area contributed by atoms with Gasteiger partial charge in [-0.25, -0.2) is 4.79 Å². The standard InChI is InChI=1S/C17H23O3Si/c1-7-21(6,8-2)15-11-9-14(10-12-15)16(18)20-19-13-17(3,4)5/h7-13H,1-2H2,3-6H3. The molecule has 0 heterocycles. The summed E-state index contributed by atoms with van der Waals surface area (Å²) >= 11 is 0. The quantitative estimate of drug-likeness (QED) is 0.456. The minimum Gasteiger partial charge on any atom is -0.292 e. The van der Waals surface area contributed by atoms with Crippen LogP contribution in [0.4, 0.5) is 0 Å². The summed E-state index contributed by atoms with van der Waals surface area (Å²) in [6.45, 7) is 17.2. The monoisotopic (exact) mass is 303 g/mol. The maximum atomic E-state index is 11.8. The zero-order valence-corrected chi connectivity index (χ0v) is 14.2. The highest BCUT2D eigenvalue weighted by Gasteiger charge is 2.22. The van der Waals surface area contributed by atoms with Gasteiger partial charge in [0.15, 0.2) is 0 Å². The molecule has 0 aliphatic carbocycles. The minimum absolute atomic E-state index is 0.175. The second-order valence-corrected chi connectivity index (χ2v) is 10.2. The van der Waals surface area contributed by atoms with E-state index in [-0.39, 0.29) is 5.41 Å². The lowest BCUT2D eigenvalue weighted by atomic mass is 9.99. The summed E-state index contributed by atoms with van der Waals surface area (Å²) in [7, 11) is -1.84. The second kappa shape index (κ2) is 6.87. The van der Waals surface area contributed by atoms with E-state index in [1.54, 1.807) is 12.1 Å². The third-order valence-electron chi connectivity index (χ3n) is 3.12. The van der Waals surface area contributed by atoms with Crippen LogP contribution in [0.1, 0.15) is 31.1 Å². The summed E-state index contributed by atoms with van der Waals surface area (Å²) in [4.78, 5) is 21.4. The number of hydrogen-bond donors (Lipinski definition) is 0. The Hall–Kier alpha value is -1.65. The van der Waals surface area contributed by atoms with Crippen LogP contribution in [0.15, 0.2) is 48.8 Å². The topological polar surface area (TPSA) is 35.5 Å². The highest BCUT2D eigenvalue weighted by Crippen LogP contribution is 2.18. The van der Waals surface area contributed by atoms with Crippen molar-refractivity contribution in [1.82, 2.24) is 0 Å². The van der Waals surface area contributed by atoms with Gasteiger partial charge in [0, 0.05) is 0 Å². The van der Waals surface area contributed by atoms with Crippen molar-refractivity contribution in [3.05, 3.63) is 61.0 Å². The van der Waals surface area contributed by atoms with Crippen molar-refractivity contribution in [3.63, 3.8) is 0 Å². The van der Waals surface area contributed by atoms with Crippen LogP contribution < -0.4 is 5.19 Å². The fourth-order valence-electron chi connectivity index (χ4n) is 1.54. The van der Waals surface area contributed by atoms with Crippen LogP contribution >= 0.6 is 0 Å². The van der Waals surface area contributed by atoms with Gasteiger partial charge in [-0.05, 0) is 17.5 Å². The van der Waals surface area contributed by atoms with E-state index in [1.807, 2.05) is 44.3 Å². The molecule has 3 nitrogen and oxygen atoms in total. The molecule has 0 fully saturated rings. The van der Waals surface area contributed by atoms with Crippen LogP contribution in [0.5, 0.6) is 0 Å². The zero-order chi connectivity index (χ0) is 16.1. The highest BCUT2D eigenvalue weighted by atomic mass is 28.3. The van der Waals surface area contributed by atoms with E-state index in [0.29, 0.717) is 5.56 Å². The summed E-state index contributed by atoms with van der Waals surface area (Å²) in [6.07, 6.45) is 0. The Labute approximate surface area is 128 Å². The summed E-state index contributed by atoms with van der Waals surface area (Å²) in [5.74, 6) is -0.511. The molecule has 1 radical (unpaired) electrons. The molecular weight excluding hydrogens is 280 g/mol. The Kier molecular flexibility index (Phi) is 5.69. The van der Waals surface area contributed by atoms with E-state index in [0.717, 1.165) is 5.19 Å². The van der Waals surface area contributed by atoms with Crippen LogP contribution in [0.2, 0.25) is 6.55 Å². The number of benzene rings is 1. The lowest BCUT2D eigenvalue weighted by molar-refractivity contribution is -0.224. The van der Waals surface area contributed by atoms with Gasteiger partial charge in [0.1, 0.15) is 14.7 Å². The summed E-state index contributed by atoms with van der Waals surface area (Å²) in [5.41, 5.74) is 4.18. The first kappa shape index (κ1) is 17.4. The molecule has 0 unspecified atom stereocenters. The lowest BCUT2D eigenvalue weighted by Gasteiger charge is -2.19. The van der Waals surface area contributed by atoms with Crippen molar-refractivity contribution < 1.29 is 14.6 Å². The van der Waals surface area contributed by atoms with E-state index in [9.17, 15) is 4.79 Å². The SMILES string of the molecule is C=C[Si](C)(C=C)c1ccc(C(=O)OO[CH]C(C)(C)C)cc1. The van der Waals surface area contributed by atoms with Crippen LogP contribution in [0.25, 0.3) is 0 Å². The van der Waals surface area contributed by atoms with Gasteiger partial charge in [-0.2, -0.15) is 4.89 Å². The zero-order valence-electron chi connectivity index (χ0n) is 13.2. The maximum absolute atomic E-state index is 11.8. The fourth-order valence-corrected chi connectivity index (χ4v) is 3.07. The molecule has 0 aliphatic heterocycles. The maximum Gasteiger partial charge on any atom is 0.373 e. The number of carbonyl (C=O) groups excluding carboxylic acids is 1. The molecule has 1 aromatic rings. The Morgan fingerprint density at radius 1 is 1.14 bits per heavy atom. The molecule has 21 heavy (non-hydrogen) atoms. The Morgan fingerprint density at radius 3 is 2.10 bits per heavy atom. The molecule has 113 valence electrons. The van der Waals surface area contributed by atoms with Gasteiger partial charge >= 0.3 is 5.97 Å². The molecular formula is C17H23O3Si. The van der Waals surface area contributed by atoms with Crippen LogP contribution in [0, 0.1) is 12.0 Å². The number of hydrogen-bond acceptors (Lipinski definition) is 3. The van der Waals surface area contributed by atoms with Gasteiger partial charge in [0.05, 0.1) is 5.56 Å². The molecule has 4 heteroatoms. The van der Waals surface area contributed by atoms with Crippen molar-refractivity contribution in [2.45, 2.75) is 27.3 Å². The average molecular weight is 303 g/mol. The lowest BCUT2D eigenvalue weighted by Crippen LogP contribution is -2.40. The van der Waals surface area contributed by atoms with E-state index in [2.05, 4.69) is 19.7 Å².